The van der Waals surface area contributed by atoms with E-state index in [1.807, 2.05) is 0 Å². The maximum Gasteiger partial charge on any atom is 0.238 e. The molecule has 4 N–H and O–H groups in total. The Morgan fingerprint density at radius 2 is 1.84 bits per heavy atom. The SMILES string of the molecule is C/C(=N\NC(=S)Nc1ccc(S(N)(=O)=O)cc1)C1=NN(C)C(c2ccc(Cl)c(Cl)c2)C1=O. The molecule has 0 spiro atoms. The van der Waals surface area contributed by atoms with Gasteiger partial charge in [0.05, 0.1) is 20.7 Å². The summed E-state index contributed by atoms with van der Waals surface area (Å²) < 4.78 is 22.6. The lowest BCUT2D eigenvalue weighted by Crippen LogP contribution is -2.29. The minimum atomic E-state index is -3.78. The van der Waals surface area contributed by atoms with Crippen LogP contribution in [-0.2, 0) is 14.8 Å². The summed E-state index contributed by atoms with van der Waals surface area (Å²) in [5.74, 6) is -0.244. The van der Waals surface area contributed by atoms with Crippen LogP contribution in [-0.4, -0.2) is 42.8 Å². The van der Waals surface area contributed by atoms with Crippen molar-refractivity contribution in [1.82, 2.24) is 10.4 Å². The molecule has 9 nitrogen and oxygen atoms in total. The number of hydrogen-bond donors (Lipinski definition) is 3. The Bertz CT molecular complexity index is 1250. The average molecular weight is 513 g/mol. The molecule has 0 saturated carbocycles. The molecule has 0 aliphatic carbocycles. The van der Waals surface area contributed by atoms with Crippen molar-refractivity contribution in [2.45, 2.75) is 17.9 Å². The molecule has 1 atom stereocenters. The zero-order chi connectivity index (χ0) is 23.6. The van der Waals surface area contributed by atoms with Gasteiger partial charge < -0.3 is 5.32 Å². The first-order valence-electron chi connectivity index (χ1n) is 9.02. The van der Waals surface area contributed by atoms with Crippen molar-refractivity contribution in [3.05, 3.63) is 58.1 Å². The van der Waals surface area contributed by atoms with Gasteiger partial charge in [-0.1, -0.05) is 29.3 Å². The lowest BCUT2D eigenvalue weighted by Gasteiger charge is -2.17. The lowest BCUT2D eigenvalue weighted by atomic mass is 9.99. The first-order valence-corrected chi connectivity index (χ1v) is 11.7. The summed E-state index contributed by atoms with van der Waals surface area (Å²) >= 11 is 17.2. The van der Waals surface area contributed by atoms with Crippen LogP contribution in [0, 0.1) is 0 Å². The summed E-state index contributed by atoms with van der Waals surface area (Å²) in [6, 6.07) is 10.0. The highest BCUT2D eigenvalue weighted by molar-refractivity contribution is 7.89. The Labute approximate surface area is 200 Å². The fourth-order valence-corrected chi connectivity index (χ4v) is 3.92. The number of primary sulfonamides is 1. The van der Waals surface area contributed by atoms with Crippen molar-refractivity contribution in [3.8, 4) is 0 Å². The van der Waals surface area contributed by atoms with Crippen LogP contribution in [0.25, 0.3) is 0 Å². The third-order valence-corrected chi connectivity index (χ3v) is 6.34. The molecule has 0 bridgehead atoms. The highest BCUT2D eigenvalue weighted by atomic mass is 35.5. The molecule has 0 amide bonds. The molecule has 0 fully saturated rings. The molecule has 0 radical (unpaired) electrons. The van der Waals surface area contributed by atoms with Crippen molar-refractivity contribution in [2.75, 3.05) is 12.4 Å². The predicted octanol–water partition coefficient (Wildman–Crippen LogP) is 2.91. The van der Waals surface area contributed by atoms with Crippen molar-refractivity contribution in [2.24, 2.45) is 15.3 Å². The van der Waals surface area contributed by atoms with Gasteiger partial charge in [-0.05, 0) is 61.1 Å². The molecule has 0 aromatic heterocycles. The summed E-state index contributed by atoms with van der Waals surface area (Å²) in [5, 5.41) is 18.7. The first-order chi connectivity index (χ1) is 15.0. The van der Waals surface area contributed by atoms with Crippen LogP contribution >= 0.6 is 35.4 Å². The zero-order valence-electron chi connectivity index (χ0n) is 16.8. The average Bonchev–Trinajstić information content (AvgIpc) is 3.02. The van der Waals surface area contributed by atoms with Crippen molar-refractivity contribution in [3.63, 3.8) is 0 Å². The van der Waals surface area contributed by atoms with Crippen LogP contribution in [0.1, 0.15) is 18.5 Å². The number of sulfonamides is 1. The maximum absolute atomic E-state index is 12.9. The number of halogens is 2. The molecule has 1 unspecified atom stereocenters. The molecule has 168 valence electrons. The van der Waals surface area contributed by atoms with Gasteiger partial charge in [0.2, 0.25) is 15.8 Å². The number of Topliss-reactive ketones (excluding diaryl/α,β-unsaturated/α-hetero) is 1. The van der Waals surface area contributed by atoms with Crippen molar-refractivity contribution in [1.29, 1.82) is 0 Å². The molecule has 13 heteroatoms. The lowest BCUT2D eigenvalue weighted by molar-refractivity contribution is -0.115. The van der Waals surface area contributed by atoms with E-state index in [-0.39, 0.29) is 21.5 Å². The number of nitrogens with two attached hydrogens (primary N) is 1. The first kappa shape index (κ1) is 24.1. The number of rotatable bonds is 5. The van der Waals surface area contributed by atoms with Crippen LogP contribution < -0.4 is 15.9 Å². The third-order valence-electron chi connectivity index (χ3n) is 4.48. The fraction of sp³-hybridized carbons (Fsp3) is 0.158. The van der Waals surface area contributed by atoms with E-state index in [9.17, 15) is 13.2 Å². The van der Waals surface area contributed by atoms with E-state index in [2.05, 4.69) is 20.9 Å². The third kappa shape index (κ3) is 5.43. The Balaban J connectivity index is 1.66. The topological polar surface area (TPSA) is 129 Å². The molecule has 1 aliphatic heterocycles. The second kappa shape index (κ2) is 9.51. The Hall–Kier alpha value is -2.57. The number of carbonyl (C=O) groups excluding carboxylic acids is 1. The number of anilines is 1. The number of nitrogens with zero attached hydrogens (tertiary/aromatic N) is 3. The molecular weight excluding hydrogens is 495 g/mol. The molecule has 1 heterocycles. The number of thiocarbonyl (C=S) groups is 1. The van der Waals surface area contributed by atoms with Gasteiger partial charge in [0, 0.05) is 12.7 Å². The number of likely N-dealkylation sites (N-methyl/N-ethyl adjacent to an activating group) is 1. The molecule has 2 aromatic rings. The largest absolute Gasteiger partial charge is 0.331 e. The normalized spacial score (nSPS) is 16.7. The number of nitrogens with one attached hydrogen (secondary N) is 2. The van der Waals surface area contributed by atoms with E-state index in [1.165, 1.54) is 29.3 Å². The summed E-state index contributed by atoms with van der Waals surface area (Å²) in [7, 11) is -2.10. The quantitative estimate of drug-likeness (QED) is 0.319. The molecular formula is C19H18Cl2N6O3S2. The summed E-state index contributed by atoms with van der Waals surface area (Å²) in [4.78, 5) is 12.9. The minimum Gasteiger partial charge on any atom is -0.331 e. The molecule has 2 aromatic carbocycles. The van der Waals surface area contributed by atoms with Gasteiger partial charge in [-0.25, -0.2) is 13.6 Å². The monoisotopic (exact) mass is 512 g/mol. The fourth-order valence-electron chi connectivity index (χ4n) is 2.94. The van der Waals surface area contributed by atoms with Crippen molar-refractivity contribution >= 4 is 73.4 Å². The standard InChI is InChI=1S/C19H18Cl2N6O3S2/c1-10(24-25-19(31)23-12-4-6-13(7-5-12)32(22,29)30)16-18(28)17(27(2)26-16)11-3-8-14(20)15(21)9-11/h3-9,17H,1-2H3,(H2,22,29,30)(H2,23,25,31)/b24-10+. The Morgan fingerprint density at radius 1 is 1.19 bits per heavy atom. The van der Waals surface area contributed by atoms with Gasteiger partial charge in [-0.2, -0.15) is 10.2 Å². The number of benzene rings is 2. The van der Waals surface area contributed by atoms with E-state index < -0.39 is 16.1 Å². The maximum atomic E-state index is 12.9. The van der Waals surface area contributed by atoms with Crippen molar-refractivity contribution < 1.29 is 13.2 Å². The summed E-state index contributed by atoms with van der Waals surface area (Å²) in [5.41, 5.74) is 4.33. The molecule has 32 heavy (non-hydrogen) atoms. The molecule has 3 rings (SSSR count). The van der Waals surface area contributed by atoms with Crippen LogP contribution in [0.4, 0.5) is 5.69 Å². The van der Waals surface area contributed by atoms with Gasteiger partial charge in [0.25, 0.3) is 0 Å². The second-order valence-corrected chi connectivity index (χ2v) is 9.58. The van der Waals surface area contributed by atoms with Crippen LogP contribution in [0.15, 0.2) is 57.6 Å². The number of ketones is 1. The van der Waals surface area contributed by atoms with E-state index in [1.54, 1.807) is 32.2 Å². The van der Waals surface area contributed by atoms with Gasteiger partial charge in [-0.15, -0.1) is 0 Å². The summed E-state index contributed by atoms with van der Waals surface area (Å²) in [6.07, 6.45) is 0. The Kier molecular flexibility index (Phi) is 7.16. The number of carbonyl (C=O) groups is 1. The van der Waals surface area contributed by atoms with E-state index in [0.29, 0.717) is 27.0 Å². The van der Waals surface area contributed by atoms with Gasteiger partial charge in [0.15, 0.2) is 10.8 Å². The Morgan fingerprint density at radius 3 is 2.44 bits per heavy atom. The smallest absolute Gasteiger partial charge is 0.238 e. The summed E-state index contributed by atoms with van der Waals surface area (Å²) in [6.45, 7) is 1.62. The highest BCUT2D eigenvalue weighted by Crippen LogP contribution is 2.31. The highest BCUT2D eigenvalue weighted by Gasteiger charge is 2.36. The van der Waals surface area contributed by atoms with E-state index >= 15 is 0 Å². The van der Waals surface area contributed by atoms with E-state index in [4.69, 9.17) is 40.6 Å². The van der Waals surface area contributed by atoms with Crippen LogP contribution in [0.3, 0.4) is 0 Å². The van der Waals surface area contributed by atoms with Gasteiger partial charge in [0.1, 0.15) is 6.04 Å². The van der Waals surface area contributed by atoms with Crippen LogP contribution in [0.5, 0.6) is 0 Å². The zero-order valence-corrected chi connectivity index (χ0v) is 20.0. The van der Waals surface area contributed by atoms with Gasteiger partial charge >= 0.3 is 0 Å². The number of hydrogen-bond acceptors (Lipinski definition) is 7. The van der Waals surface area contributed by atoms with E-state index in [0.717, 1.165) is 0 Å². The number of hydrazone groups is 2. The predicted molar refractivity (Wildman–Crippen MR) is 130 cm³/mol. The van der Waals surface area contributed by atoms with Crippen LogP contribution in [0.2, 0.25) is 10.0 Å². The van der Waals surface area contributed by atoms with Gasteiger partial charge in [-0.3, -0.25) is 15.2 Å². The second-order valence-electron chi connectivity index (χ2n) is 6.80. The minimum absolute atomic E-state index is 0.0193. The molecule has 0 saturated heterocycles. The molecule has 1 aliphatic rings.